The van der Waals surface area contributed by atoms with E-state index in [9.17, 15) is 24.0 Å². The van der Waals surface area contributed by atoms with E-state index >= 15 is 0 Å². The summed E-state index contributed by atoms with van der Waals surface area (Å²) in [5.41, 5.74) is 3.78. The zero-order valence-corrected chi connectivity index (χ0v) is 24.2. The van der Waals surface area contributed by atoms with Gasteiger partial charge >= 0.3 is 12.0 Å². The molecule has 1 saturated heterocycles. The molecule has 0 aromatic heterocycles. The molecule has 2 aliphatic rings. The van der Waals surface area contributed by atoms with Crippen molar-refractivity contribution in [3.8, 4) is 11.5 Å². The standard InChI is InChI=1S/C28H28N6O8S/c1-4-41-26(38)22-15(2)30-27(39)31-23(22)16-10-11-19(20(12-16)40-3)42-14-21(35)33-29-13-18-24(36)32-28(43)34(25(18)37)17-8-6-5-7-9-17/h5-13,18,23H,4,14H2,1-3H3,(H,33,35)(H2,30,31,39)(H,32,36,43)/b29-13-/t18-,23-/m0/s1. The lowest BCUT2D eigenvalue weighted by Gasteiger charge is -2.30. The highest BCUT2D eigenvalue weighted by molar-refractivity contribution is 7.80. The van der Waals surface area contributed by atoms with Crippen LogP contribution in [0.3, 0.4) is 0 Å². The van der Waals surface area contributed by atoms with E-state index in [1.54, 1.807) is 56.3 Å². The number of allylic oxidation sites excluding steroid dienone is 1. The van der Waals surface area contributed by atoms with Crippen LogP contribution in [0.15, 0.2) is 64.9 Å². The summed E-state index contributed by atoms with van der Waals surface area (Å²) >= 11 is 5.14. The van der Waals surface area contributed by atoms with E-state index in [0.29, 0.717) is 16.9 Å². The number of rotatable bonds is 10. The number of carbonyl (C=O) groups is 5. The van der Waals surface area contributed by atoms with Gasteiger partial charge in [0.1, 0.15) is 0 Å². The maximum Gasteiger partial charge on any atom is 0.338 e. The van der Waals surface area contributed by atoms with Gasteiger partial charge in [0.2, 0.25) is 5.91 Å². The molecule has 2 aromatic rings. The summed E-state index contributed by atoms with van der Waals surface area (Å²) in [5.74, 6) is -3.48. The summed E-state index contributed by atoms with van der Waals surface area (Å²) in [6.45, 7) is 2.94. The predicted molar refractivity (Wildman–Crippen MR) is 157 cm³/mol. The van der Waals surface area contributed by atoms with Crippen molar-refractivity contribution in [2.24, 2.45) is 11.0 Å². The quantitative estimate of drug-likeness (QED) is 0.102. The minimum atomic E-state index is -1.33. The van der Waals surface area contributed by atoms with Gasteiger partial charge in [-0.2, -0.15) is 5.10 Å². The van der Waals surface area contributed by atoms with Crippen LogP contribution in [0.2, 0.25) is 0 Å². The van der Waals surface area contributed by atoms with E-state index < -0.39 is 48.3 Å². The van der Waals surface area contributed by atoms with Gasteiger partial charge < -0.3 is 30.2 Å². The normalized spacial score (nSPS) is 18.5. The molecule has 1 fully saturated rings. The molecule has 0 unspecified atom stereocenters. The first kappa shape index (κ1) is 30.6. The maximum atomic E-state index is 13.0. The second-order valence-electron chi connectivity index (χ2n) is 9.08. The van der Waals surface area contributed by atoms with Crippen LogP contribution in [0.5, 0.6) is 11.5 Å². The van der Waals surface area contributed by atoms with Gasteiger partial charge in [-0.25, -0.2) is 15.0 Å². The van der Waals surface area contributed by atoms with E-state index in [1.165, 1.54) is 18.1 Å². The number of ether oxygens (including phenoxy) is 3. The zero-order valence-electron chi connectivity index (χ0n) is 23.3. The molecule has 2 heterocycles. The molecule has 0 bridgehead atoms. The number of para-hydroxylation sites is 1. The topological polar surface area (TPSA) is 177 Å². The Morgan fingerprint density at radius 3 is 2.53 bits per heavy atom. The van der Waals surface area contributed by atoms with Gasteiger partial charge in [-0.3, -0.25) is 19.3 Å². The van der Waals surface area contributed by atoms with Crippen molar-refractivity contribution in [1.82, 2.24) is 21.4 Å². The van der Waals surface area contributed by atoms with Gasteiger partial charge in [-0.1, -0.05) is 24.3 Å². The predicted octanol–water partition coefficient (Wildman–Crippen LogP) is 1.43. The van der Waals surface area contributed by atoms with Crippen molar-refractivity contribution in [1.29, 1.82) is 0 Å². The average Bonchev–Trinajstić information content (AvgIpc) is 2.97. The van der Waals surface area contributed by atoms with E-state index in [0.717, 1.165) is 6.21 Å². The summed E-state index contributed by atoms with van der Waals surface area (Å²) < 4.78 is 16.1. The number of urea groups is 1. The number of hydrogen-bond donors (Lipinski definition) is 4. The smallest absolute Gasteiger partial charge is 0.338 e. The molecule has 2 aliphatic heterocycles. The number of carbonyl (C=O) groups excluding carboxylic acids is 5. The third kappa shape index (κ3) is 6.95. The molecule has 0 aliphatic carbocycles. The Balaban J connectivity index is 1.40. The van der Waals surface area contributed by atoms with Crippen LogP contribution in [0, 0.1) is 5.92 Å². The fraction of sp³-hybridized carbons (Fsp3) is 0.250. The molecular formula is C28H28N6O8S. The van der Waals surface area contributed by atoms with E-state index in [1.807, 2.05) is 0 Å². The van der Waals surface area contributed by atoms with Crippen LogP contribution in [0.25, 0.3) is 0 Å². The molecule has 15 heteroatoms. The summed E-state index contributed by atoms with van der Waals surface area (Å²) in [7, 11) is 1.39. The van der Waals surface area contributed by atoms with Gasteiger partial charge in [0.25, 0.3) is 11.8 Å². The highest BCUT2D eigenvalue weighted by Crippen LogP contribution is 2.34. The van der Waals surface area contributed by atoms with Gasteiger partial charge in [0.05, 0.1) is 31.0 Å². The molecular weight excluding hydrogens is 580 g/mol. The van der Waals surface area contributed by atoms with Crippen LogP contribution in [0.4, 0.5) is 10.5 Å². The molecule has 0 saturated carbocycles. The summed E-state index contributed by atoms with van der Waals surface area (Å²) in [6.07, 6.45) is 1.01. The van der Waals surface area contributed by atoms with E-state index in [-0.39, 0.29) is 28.8 Å². The lowest BCUT2D eigenvalue weighted by molar-refractivity contribution is -0.139. The van der Waals surface area contributed by atoms with Crippen molar-refractivity contribution in [3.05, 3.63) is 65.4 Å². The molecule has 224 valence electrons. The summed E-state index contributed by atoms with van der Waals surface area (Å²) in [6, 6.07) is 11.9. The number of nitrogens with zero attached hydrogens (tertiary/aromatic N) is 2. The van der Waals surface area contributed by atoms with Gasteiger partial charge in [0, 0.05) is 11.9 Å². The second kappa shape index (κ2) is 13.6. The number of anilines is 1. The SMILES string of the molecule is CCOC(=O)C1=C(C)NC(=O)N[C@H]1c1ccc(OCC(=O)N/N=C\[C@H]2C(=O)NC(=S)N(c3ccccc3)C2=O)c(OC)c1. The number of amides is 5. The van der Waals surface area contributed by atoms with Crippen LogP contribution < -0.4 is 35.7 Å². The van der Waals surface area contributed by atoms with Gasteiger partial charge in [-0.05, 0) is 55.9 Å². The molecule has 4 N–H and O–H groups in total. The molecule has 5 amide bonds. The number of esters is 1. The van der Waals surface area contributed by atoms with Crippen LogP contribution in [-0.4, -0.2) is 61.4 Å². The van der Waals surface area contributed by atoms with E-state index in [2.05, 4.69) is 26.5 Å². The molecule has 0 spiro atoms. The number of methoxy groups -OCH3 is 1. The molecule has 4 rings (SSSR count). The third-order valence-electron chi connectivity index (χ3n) is 6.27. The van der Waals surface area contributed by atoms with Crippen molar-refractivity contribution in [2.45, 2.75) is 19.9 Å². The molecule has 2 atom stereocenters. The molecule has 43 heavy (non-hydrogen) atoms. The number of hydrogen-bond acceptors (Lipinski definition) is 10. The first-order valence-corrected chi connectivity index (χ1v) is 13.4. The molecule has 2 aromatic carbocycles. The third-order valence-corrected chi connectivity index (χ3v) is 6.56. The van der Waals surface area contributed by atoms with Gasteiger partial charge in [-0.15, -0.1) is 0 Å². The lowest BCUT2D eigenvalue weighted by atomic mass is 9.95. The Morgan fingerprint density at radius 1 is 1.09 bits per heavy atom. The number of thiocarbonyl (C=S) groups is 1. The van der Waals surface area contributed by atoms with Crippen LogP contribution in [0.1, 0.15) is 25.5 Å². The van der Waals surface area contributed by atoms with Crippen LogP contribution in [-0.2, 0) is 23.9 Å². The van der Waals surface area contributed by atoms with Crippen molar-refractivity contribution >= 4 is 59.0 Å². The summed E-state index contributed by atoms with van der Waals surface area (Å²) in [5, 5.41) is 11.4. The Morgan fingerprint density at radius 2 is 1.84 bits per heavy atom. The minimum absolute atomic E-state index is 0.0611. The highest BCUT2D eigenvalue weighted by atomic mass is 32.1. The van der Waals surface area contributed by atoms with Crippen molar-refractivity contribution in [2.75, 3.05) is 25.2 Å². The number of benzene rings is 2. The summed E-state index contributed by atoms with van der Waals surface area (Å²) in [4.78, 5) is 63.6. The van der Waals surface area contributed by atoms with Crippen molar-refractivity contribution in [3.63, 3.8) is 0 Å². The first-order valence-electron chi connectivity index (χ1n) is 13.0. The minimum Gasteiger partial charge on any atom is -0.493 e. The van der Waals surface area contributed by atoms with Crippen LogP contribution >= 0.6 is 12.2 Å². The van der Waals surface area contributed by atoms with Crippen molar-refractivity contribution < 1.29 is 38.2 Å². The largest absolute Gasteiger partial charge is 0.493 e. The zero-order chi connectivity index (χ0) is 31.1. The monoisotopic (exact) mass is 608 g/mol. The Bertz CT molecular complexity index is 1530. The van der Waals surface area contributed by atoms with E-state index in [4.69, 9.17) is 26.4 Å². The molecule has 14 nitrogen and oxygen atoms in total. The van der Waals surface area contributed by atoms with Gasteiger partial charge in [0.15, 0.2) is 29.1 Å². The second-order valence-corrected chi connectivity index (χ2v) is 9.47. The maximum absolute atomic E-state index is 13.0. The molecule has 0 radical (unpaired) electrons. The lowest BCUT2D eigenvalue weighted by Crippen LogP contribution is -2.58. The Hall–Kier alpha value is -5.31. The first-order chi connectivity index (χ1) is 20.6. The highest BCUT2D eigenvalue weighted by Gasteiger charge is 2.38. The Labute approximate surface area is 251 Å². The number of hydrazone groups is 1. The Kier molecular flexibility index (Phi) is 9.67. The number of nitrogens with one attached hydrogen (secondary N) is 4. The fourth-order valence-electron chi connectivity index (χ4n) is 4.31. The fourth-order valence-corrected chi connectivity index (χ4v) is 4.60. The average molecular weight is 609 g/mol.